The van der Waals surface area contributed by atoms with E-state index in [9.17, 15) is 0 Å². The molecule has 1 aliphatic rings. The van der Waals surface area contributed by atoms with Crippen LogP contribution in [0.3, 0.4) is 0 Å². The van der Waals surface area contributed by atoms with E-state index in [0.717, 1.165) is 53.1 Å². The molecule has 3 heterocycles. The van der Waals surface area contributed by atoms with Crippen LogP contribution in [0.1, 0.15) is 17.5 Å². The maximum Gasteiger partial charge on any atom is 0.109 e. The van der Waals surface area contributed by atoms with Crippen LogP contribution in [0.25, 0.3) is 33.4 Å². The molecule has 0 bridgehead atoms. The Morgan fingerprint density at radius 2 is 1.87 bits per heavy atom. The Kier molecular flexibility index (Phi) is 4.78. The zero-order chi connectivity index (χ0) is 20.5. The van der Waals surface area contributed by atoms with Crippen LogP contribution < -0.4 is 5.32 Å². The molecule has 1 saturated heterocycles. The van der Waals surface area contributed by atoms with Gasteiger partial charge in [0, 0.05) is 17.7 Å². The number of nitrogens with zero attached hydrogens (tertiary/aromatic N) is 4. The van der Waals surface area contributed by atoms with E-state index in [1.54, 1.807) is 0 Å². The van der Waals surface area contributed by atoms with Crippen LogP contribution in [0, 0.1) is 24.2 Å². The molecule has 1 atom stereocenters. The summed E-state index contributed by atoms with van der Waals surface area (Å²) in [5, 5.41) is 17.3. The SMILES string of the molecule is Cc1ccc(-c2nc3cnn(C[C@@H]4CCNC4)c3cc2-c2ccc(C#N)cc2)cc1. The van der Waals surface area contributed by atoms with Gasteiger partial charge in [0.15, 0.2) is 0 Å². The maximum atomic E-state index is 9.16. The van der Waals surface area contributed by atoms with Crippen molar-refractivity contribution in [2.45, 2.75) is 19.9 Å². The lowest BCUT2D eigenvalue weighted by atomic mass is 9.97. The number of nitrogens with one attached hydrogen (secondary N) is 1. The predicted octanol–water partition coefficient (Wildman–Crippen LogP) is 4.55. The minimum Gasteiger partial charge on any atom is -0.316 e. The van der Waals surface area contributed by atoms with Gasteiger partial charge in [-0.3, -0.25) is 4.68 Å². The third-order valence-electron chi connectivity index (χ3n) is 5.87. The summed E-state index contributed by atoms with van der Waals surface area (Å²) in [4.78, 5) is 5.03. The number of aryl methyl sites for hydroxylation is 1. The summed E-state index contributed by atoms with van der Waals surface area (Å²) in [5.41, 5.74) is 7.97. The molecule has 5 heteroatoms. The number of nitriles is 1. The molecule has 1 aliphatic heterocycles. The van der Waals surface area contributed by atoms with Crippen LogP contribution >= 0.6 is 0 Å². The van der Waals surface area contributed by atoms with E-state index in [4.69, 9.17) is 10.2 Å². The average Bonchev–Trinajstić information content (AvgIpc) is 3.44. The highest BCUT2D eigenvalue weighted by atomic mass is 15.3. The molecule has 0 amide bonds. The molecule has 0 spiro atoms. The van der Waals surface area contributed by atoms with Gasteiger partial charge in [0.2, 0.25) is 0 Å². The highest BCUT2D eigenvalue weighted by Crippen LogP contribution is 2.34. The number of hydrogen-bond donors (Lipinski definition) is 1. The summed E-state index contributed by atoms with van der Waals surface area (Å²) >= 11 is 0. The van der Waals surface area contributed by atoms with Crippen molar-refractivity contribution < 1.29 is 0 Å². The van der Waals surface area contributed by atoms with Gasteiger partial charge in [-0.05, 0) is 56.1 Å². The predicted molar refractivity (Wildman–Crippen MR) is 119 cm³/mol. The smallest absolute Gasteiger partial charge is 0.109 e. The molecular weight excluding hydrogens is 370 g/mol. The maximum absolute atomic E-state index is 9.16. The number of pyridine rings is 1. The molecule has 1 N–H and O–H groups in total. The molecule has 0 radical (unpaired) electrons. The molecule has 2 aromatic heterocycles. The minimum atomic E-state index is 0.600. The zero-order valence-corrected chi connectivity index (χ0v) is 17.0. The van der Waals surface area contributed by atoms with Gasteiger partial charge in [-0.1, -0.05) is 42.0 Å². The fourth-order valence-electron chi connectivity index (χ4n) is 4.14. The first-order valence-electron chi connectivity index (χ1n) is 10.4. The van der Waals surface area contributed by atoms with E-state index >= 15 is 0 Å². The molecule has 0 aliphatic carbocycles. The van der Waals surface area contributed by atoms with E-state index < -0.39 is 0 Å². The van der Waals surface area contributed by atoms with E-state index in [1.807, 2.05) is 30.5 Å². The number of benzene rings is 2. The van der Waals surface area contributed by atoms with E-state index in [0.29, 0.717) is 11.5 Å². The summed E-state index contributed by atoms with van der Waals surface area (Å²) < 4.78 is 2.09. The second-order valence-electron chi connectivity index (χ2n) is 8.03. The first-order chi connectivity index (χ1) is 14.7. The lowest BCUT2D eigenvalue weighted by molar-refractivity contribution is 0.459. The minimum absolute atomic E-state index is 0.600. The van der Waals surface area contributed by atoms with Crippen molar-refractivity contribution in [2.24, 2.45) is 5.92 Å². The van der Waals surface area contributed by atoms with Crippen molar-refractivity contribution in [3.63, 3.8) is 0 Å². The van der Waals surface area contributed by atoms with Crippen molar-refractivity contribution in [3.8, 4) is 28.5 Å². The van der Waals surface area contributed by atoms with E-state index in [2.05, 4.69) is 58.4 Å². The second kappa shape index (κ2) is 7.74. The molecule has 4 aromatic rings. The van der Waals surface area contributed by atoms with Gasteiger partial charge in [-0.2, -0.15) is 10.4 Å². The van der Waals surface area contributed by atoms with Crippen LogP contribution in [0.4, 0.5) is 0 Å². The van der Waals surface area contributed by atoms with Crippen LogP contribution in [0.2, 0.25) is 0 Å². The molecule has 0 unspecified atom stereocenters. The monoisotopic (exact) mass is 393 g/mol. The van der Waals surface area contributed by atoms with Gasteiger partial charge in [0.25, 0.3) is 0 Å². The Morgan fingerprint density at radius 1 is 1.10 bits per heavy atom. The van der Waals surface area contributed by atoms with Gasteiger partial charge in [0.05, 0.1) is 29.0 Å². The normalized spacial score (nSPS) is 16.1. The van der Waals surface area contributed by atoms with Crippen molar-refractivity contribution in [1.29, 1.82) is 5.26 Å². The molecule has 2 aromatic carbocycles. The Morgan fingerprint density at radius 3 is 2.57 bits per heavy atom. The molecule has 5 rings (SSSR count). The third kappa shape index (κ3) is 3.47. The van der Waals surface area contributed by atoms with Crippen LogP contribution in [-0.2, 0) is 6.54 Å². The molecule has 0 saturated carbocycles. The van der Waals surface area contributed by atoms with Crippen LogP contribution in [0.5, 0.6) is 0 Å². The lowest BCUT2D eigenvalue weighted by Gasteiger charge is -2.13. The largest absolute Gasteiger partial charge is 0.316 e. The standard InChI is InChI=1S/C25H23N5/c1-17-2-6-21(7-3-17)25-22(20-8-4-18(13-26)5-9-20)12-24-23(29-25)15-28-30(24)16-19-10-11-27-14-19/h2-9,12,15,19,27H,10-11,14,16H2,1H3/t19-/m1/s1. The number of rotatable bonds is 4. The number of hydrogen-bond acceptors (Lipinski definition) is 4. The highest BCUT2D eigenvalue weighted by molar-refractivity contribution is 5.90. The van der Waals surface area contributed by atoms with Crippen molar-refractivity contribution in [3.05, 3.63) is 71.9 Å². The molecular formula is C25H23N5. The molecule has 1 fully saturated rings. The summed E-state index contributed by atoms with van der Waals surface area (Å²) in [5.74, 6) is 0.600. The Bertz CT molecular complexity index is 1220. The first kappa shape index (κ1) is 18.5. The zero-order valence-electron chi connectivity index (χ0n) is 17.0. The number of fused-ring (bicyclic) bond motifs is 1. The summed E-state index contributed by atoms with van der Waals surface area (Å²) in [6.45, 7) is 5.10. The second-order valence-corrected chi connectivity index (χ2v) is 8.03. The molecule has 30 heavy (non-hydrogen) atoms. The van der Waals surface area contributed by atoms with Gasteiger partial charge in [-0.15, -0.1) is 0 Å². The quantitative estimate of drug-likeness (QED) is 0.552. The Hall–Kier alpha value is -3.49. The van der Waals surface area contributed by atoms with Crippen molar-refractivity contribution in [1.82, 2.24) is 20.1 Å². The summed E-state index contributed by atoms with van der Waals surface area (Å²) in [7, 11) is 0. The first-order valence-corrected chi connectivity index (χ1v) is 10.4. The Labute approximate surface area is 176 Å². The van der Waals surface area contributed by atoms with Crippen molar-refractivity contribution >= 4 is 11.0 Å². The molecule has 5 nitrogen and oxygen atoms in total. The average molecular weight is 393 g/mol. The highest BCUT2D eigenvalue weighted by Gasteiger charge is 2.19. The molecule has 148 valence electrons. The van der Waals surface area contributed by atoms with Gasteiger partial charge < -0.3 is 5.32 Å². The van der Waals surface area contributed by atoms with Gasteiger partial charge >= 0.3 is 0 Å². The lowest BCUT2D eigenvalue weighted by Crippen LogP contribution is -2.15. The van der Waals surface area contributed by atoms with E-state index in [1.165, 1.54) is 12.0 Å². The Balaban J connectivity index is 1.66. The summed E-state index contributed by atoms with van der Waals surface area (Å²) in [6, 6.07) is 20.6. The summed E-state index contributed by atoms with van der Waals surface area (Å²) in [6.07, 6.45) is 3.05. The third-order valence-corrected chi connectivity index (χ3v) is 5.87. The van der Waals surface area contributed by atoms with Crippen LogP contribution in [0.15, 0.2) is 60.8 Å². The fraction of sp³-hybridized carbons (Fsp3) is 0.240. The fourth-order valence-corrected chi connectivity index (χ4v) is 4.14. The van der Waals surface area contributed by atoms with Crippen molar-refractivity contribution in [2.75, 3.05) is 13.1 Å². The van der Waals surface area contributed by atoms with Gasteiger partial charge in [-0.25, -0.2) is 4.98 Å². The van der Waals surface area contributed by atoms with Gasteiger partial charge in [0.1, 0.15) is 5.52 Å². The number of aromatic nitrogens is 3. The topological polar surface area (TPSA) is 66.5 Å². The van der Waals surface area contributed by atoms with Crippen LogP contribution in [-0.4, -0.2) is 27.9 Å². The van der Waals surface area contributed by atoms with E-state index in [-0.39, 0.29) is 0 Å².